The predicted octanol–water partition coefficient (Wildman–Crippen LogP) is 3.61. The highest BCUT2D eigenvalue weighted by atomic mass is 29.3. The first kappa shape index (κ1) is 12.7. The third kappa shape index (κ3) is 4.05. The lowest BCUT2D eigenvalue weighted by Crippen LogP contribution is -2.57. The molecule has 12 heavy (non-hydrogen) atoms. The molecule has 0 bridgehead atoms. The fraction of sp³-hybridized carbons (Fsp3) is 0.889. The highest BCUT2D eigenvalue weighted by molar-refractivity contribution is 7.44. The number of rotatable bonds is 3. The van der Waals surface area contributed by atoms with Gasteiger partial charge >= 0.3 is 0 Å². The minimum Gasteiger partial charge on any atom is -0.0715 e. The van der Waals surface area contributed by atoms with E-state index in [1.807, 2.05) is 0 Å². The first-order valence-electron chi connectivity index (χ1n) is 4.75. The van der Waals surface area contributed by atoms with Gasteiger partial charge in [0.2, 0.25) is 0 Å². The van der Waals surface area contributed by atoms with Crippen LogP contribution in [0, 0.1) is 5.67 Å². The Labute approximate surface area is 81.6 Å². The molecular formula is C9H24Si3. The van der Waals surface area contributed by atoms with Gasteiger partial charge in [0.1, 0.15) is 0 Å². The van der Waals surface area contributed by atoms with Crippen molar-refractivity contribution in [2.24, 2.45) is 0 Å². The van der Waals surface area contributed by atoms with Gasteiger partial charge in [-0.25, -0.2) is 0 Å². The van der Waals surface area contributed by atoms with Crippen molar-refractivity contribution in [3.05, 3.63) is 5.67 Å². The molecule has 0 aromatic heterocycles. The molecule has 0 fully saturated rings. The van der Waals surface area contributed by atoms with Crippen LogP contribution in [0.5, 0.6) is 0 Å². The van der Waals surface area contributed by atoms with E-state index in [1.54, 1.807) is 0 Å². The quantitative estimate of drug-likeness (QED) is 0.632. The van der Waals surface area contributed by atoms with Gasteiger partial charge in [-0.05, 0) is 5.67 Å². The van der Waals surface area contributed by atoms with Gasteiger partial charge in [0.15, 0.2) is 0 Å². The van der Waals surface area contributed by atoms with Crippen LogP contribution in [-0.4, -0.2) is 23.3 Å². The van der Waals surface area contributed by atoms with E-state index < -0.39 is 23.3 Å². The predicted molar refractivity (Wildman–Crippen MR) is 67.4 cm³/mol. The van der Waals surface area contributed by atoms with Crippen LogP contribution in [0.4, 0.5) is 0 Å². The number of hydrogen-bond donors (Lipinski definition) is 0. The lowest BCUT2D eigenvalue weighted by molar-refractivity contribution is 1.66. The van der Waals surface area contributed by atoms with Crippen molar-refractivity contribution in [1.82, 2.24) is 0 Å². The van der Waals surface area contributed by atoms with E-state index in [0.717, 1.165) is 0 Å². The average Bonchev–Trinajstić information content (AvgIpc) is 1.52. The lowest BCUT2D eigenvalue weighted by atomic mass is 11.7. The Morgan fingerprint density at radius 1 is 0.667 bits per heavy atom. The molecule has 0 heterocycles. The first-order valence-corrected chi connectivity index (χ1v) is 15.8. The summed E-state index contributed by atoms with van der Waals surface area (Å²) in [7, 11) is -3.08. The summed E-state index contributed by atoms with van der Waals surface area (Å²) < 4.78 is 0. The van der Waals surface area contributed by atoms with Crippen LogP contribution >= 0.6 is 0 Å². The van der Waals surface area contributed by atoms with Crippen LogP contribution in [0.1, 0.15) is 0 Å². The molecule has 3 heteroatoms. The van der Waals surface area contributed by atoms with E-state index in [1.165, 1.54) is 0 Å². The van der Waals surface area contributed by atoms with E-state index in [0.29, 0.717) is 0 Å². The normalized spacial score (nSPS) is 15.0. The molecular weight excluding hydrogens is 192 g/mol. The highest BCUT2D eigenvalue weighted by Gasteiger charge is 2.40. The van der Waals surface area contributed by atoms with Gasteiger partial charge in [0.05, 0.1) is 0 Å². The van der Waals surface area contributed by atoms with Crippen molar-refractivity contribution in [3.63, 3.8) is 0 Å². The van der Waals surface area contributed by atoms with E-state index in [-0.39, 0.29) is 0 Å². The largest absolute Gasteiger partial charge is 0.0715 e. The van der Waals surface area contributed by atoms with Crippen LogP contribution in [0.15, 0.2) is 0 Å². The molecule has 0 saturated heterocycles. The molecule has 0 unspecified atom stereocenters. The average molecular weight is 217 g/mol. The van der Waals surface area contributed by atoms with Gasteiger partial charge in [0, 0.05) is 23.3 Å². The van der Waals surface area contributed by atoms with E-state index in [4.69, 9.17) is 0 Å². The standard InChI is InChI=1S/C9H24Si3/c1-10(2,3)9-12(7,8)11(4,5)6/h1-8H3. The monoisotopic (exact) mass is 216 g/mol. The highest BCUT2D eigenvalue weighted by Crippen LogP contribution is 2.25. The summed E-state index contributed by atoms with van der Waals surface area (Å²) in [6, 6.07) is 0. The maximum Gasteiger partial charge on any atom is 0.0475 e. The van der Waals surface area contributed by atoms with Crippen LogP contribution in [0.3, 0.4) is 0 Å². The zero-order valence-electron chi connectivity index (χ0n) is 10.0. The fourth-order valence-electron chi connectivity index (χ4n) is 1.12. The summed E-state index contributed by atoms with van der Waals surface area (Å²) in [5, 5.41) is 0. The Kier molecular flexibility index (Phi) is 3.61. The summed E-state index contributed by atoms with van der Waals surface area (Å²) in [5.74, 6) is 0. The van der Waals surface area contributed by atoms with Gasteiger partial charge in [-0.15, -0.1) is 0 Å². The van der Waals surface area contributed by atoms with Crippen molar-refractivity contribution < 1.29 is 0 Å². The van der Waals surface area contributed by atoms with Crippen LogP contribution in [0.2, 0.25) is 52.4 Å². The van der Waals surface area contributed by atoms with Gasteiger partial charge in [0.25, 0.3) is 0 Å². The van der Waals surface area contributed by atoms with Crippen molar-refractivity contribution in [2.75, 3.05) is 0 Å². The molecule has 0 aliphatic carbocycles. The van der Waals surface area contributed by atoms with Gasteiger partial charge in [-0.3, -0.25) is 0 Å². The Hall–Kier alpha value is 0.651. The lowest BCUT2D eigenvalue weighted by Gasteiger charge is -2.38. The first-order chi connectivity index (χ1) is 4.96. The second-order valence-corrected chi connectivity index (χ2v) is 27.8. The third-order valence-corrected chi connectivity index (χ3v) is 24.2. The van der Waals surface area contributed by atoms with E-state index in [9.17, 15) is 0 Å². The zero-order chi connectivity index (χ0) is 10.2. The second kappa shape index (κ2) is 3.42. The second-order valence-electron chi connectivity index (χ2n) is 6.25. The fourth-order valence-corrected chi connectivity index (χ4v) is 16.9. The molecule has 0 aliphatic heterocycles. The molecule has 0 rings (SSSR count). The summed E-state index contributed by atoms with van der Waals surface area (Å²) >= 11 is 0. The maximum atomic E-state index is 3.97. The molecule has 0 aliphatic rings. The Morgan fingerprint density at radius 2 is 1.00 bits per heavy atom. The molecule has 0 aromatic carbocycles. The summed E-state index contributed by atoms with van der Waals surface area (Å²) in [6.45, 7) is 19.7. The van der Waals surface area contributed by atoms with E-state index in [2.05, 4.69) is 58.0 Å². The zero-order valence-corrected chi connectivity index (χ0v) is 13.0. The maximum absolute atomic E-state index is 3.97. The Morgan fingerprint density at radius 3 is 1.08 bits per heavy atom. The summed E-state index contributed by atoms with van der Waals surface area (Å²) in [5.41, 5.74) is 3.97. The molecule has 0 nitrogen and oxygen atoms in total. The minimum absolute atomic E-state index is 0.932. The van der Waals surface area contributed by atoms with Gasteiger partial charge in [-0.1, -0.05) is 52.4 Å². The van der Waals surface area contributed by atoms with Crippen LogP contribution < -0.4 is 0 Å². The van der Waals surface area contributed by atoms with Gasteiger partial charge < -0.3 is 0 Å². The van der Waals surface area contributed by atoms with Crippen molar-refractivity contribution in [2.45, 2.75) is 52.4 Å². The molecule has 0 saturated carbocycles. The Bertz CT molecular complexity index is 148. The molecule has 0 atom stereocenters. The number of hydrogen-bond acceptors (Lipinski definition) is 0. The third-order valence-electron chi connectivity index (χ3n) is 2.56. The molecule has 0 N–H and O–H groups in total. The summed E-state index contributed by atoms with van der Waals surface area (Å²) in [6.07, 6.45) is 0. The van der Waals surface area contributed by atoms with Crippen LogP contribution in [0.25, 0.3) is 0 Å². The topological polar surface area (TPSA) is 0 Å². The SMILES string of the molecule is C[Si](C)(C)[C][Si](C)(C)[Si](C)(C)C. The van der Waals surface area contributed by atoms with E-state index >= 15 is 0 Å². The molecule has 0 spiro atoms. The molecule has 0 aromatic rings. The Balaban J connectivity index is 4.44. The van der Waals surface area contributed by atoms with Crippen molar-refractivity contribution in [3.8, 4) is 0 Å². The van der Waals surface area contributed by atoms with Crippen molar-refractivity contribution >= 4 is 23.3 Å². The summed E-state index contributed by atoms with van der Waals surface area (Å²) in [4.78, 5) is 0. The smallest absolute Gasteiger partial charge is 0.0475 e. The minimum atomic E-state index is -1.09. The van der Waals surface area contributed by atoms with Crippen LogP contribution in [-0.2, 0) is 0 Å². The molecule has 72 valence electrons. The van der Waals surface area contributed by atoms with Crippen molar-refractivity contribution in [1.29, 1.82) is 0 Å². The van der Waals surface area contributed by atoms with Gasteiger partial charge in [-0.2, -0.15) is 0 Å². The molecule has 2 radical (unpaired) electrons. The molecule has 0 amide bonds.